The first-order valence-corrected chi connectivity index (χ1v) is 9.60. The van der Waals surface area contributed by atoms with E-state index in [1.54, 1.807) is 23.5 Å². The highest BCUT2D eigenvalue weighted by Crippen LogP contribution is 2.30. The van der Waals surface area contributed by atoms with Crippen molar-refractivity contribution in [2.75, 3.05) is 18.0 Å². The summed E-state index contributed by atoms with van der Waals surface area (Å²) in [5.74, 6) is 0.813. The normalized spacial score (nSPS) is 15.2. The number of nitrogens with zero attached hydrogens (tertiary/aromatic N) is 3. The second-order valence-electron chi connectivity index (χ2n) is 6.35. The van der Waals surface area contributed by atoms with Crippen LogP contribution in [0.15, 0.2) is 48.0 Å². The van der Waals surface area contributed by atoms with Crippen molar-refractivity contribution in [1.82, 2.24) is 9.97 Å². The van der Waals surface area contributed by atoms with E-state index in [1.165, 1.54) is 37.8 Å². The van der Waals surface area contributed by atoms with Gasteiger partial charge in [-0.05, 0) is 49.2 Å². The third-order valence-electron chi connectivity index (χ3n) is 4.57. The number of halogens is 1. The van der Waals surface area contributed by atoms with Crippen LogP contribution in [0, 0.1) is 5.82 Å². The first-order valence-electron chi connectivity index (χ1n) is 8.72. The van der Waals surface area contributed by atoms with Crippen molar-refractivity contribution in [2.24, 2.45) is 0 Å². The summed E-state index contributed by atoms with van der Waals surface area (Å²) in [5.41, 5.74) is 2.91. The molecule has 1 saturated heterocycles. The molecular formula is C20H20FN3S. The summed E-state index contributed by atoms with van der Waals surface area (Å²) >= 11 is 1.61. The van der Waals surface area contributed by atoms with Crippen molar-refractivity contribution in [1.29, 1.82) is 0 Å². The number of anilines is 1. The fourth-order valence-electron chi connectivity index (χ4n) is 3.18. The molecule has 4 rings (SSSR count). The van der Waals surface area contributed by atoms with Crippen molar-refractivity contribution in [3.8, 4) is 21.8 Å². The number of hydrogen-bond acceptors (Lipinski definition) is 4. The topological polar surface area (TPSA) is 29.0 Å². The van der Waals surface area contributed by atoms with E-state index in [9.17, 15) is 4.39 Å². The molecule has 1 aliphatic rings. The molecule has 3 aromatic rings. The van der Waals surface area contributed by atoms with E-state index in [0.717, 1.165) is 40.7 Å². The van der Waals surface area contributed by atoms with Gasteiger partial charge in [0.25, 0.3) is 0 Å². The van der Waals surface area contributed by atoms with Crippen molar-refractivity contribution < 1.29 is 4.39 Å². The fraction of sp³-hybridized carbons (Fsp3) is 0.300. The van der Waals surface area contributed by atoms with Gasteiger partial charge in [0.05, 0.1) is 5.69 Å². The summed E-state index contributed by atoms with van der Waals surface area (Å²) in [6.07, 6.45) is 6.96. The number of aromatic nitrogens is 2. The predicted molar refractivity (Wildman–Crippen MR) is 101 cm³/mol. The van der Waals surface area contributed by atoms with Crippen LogP contribution in [0.1, 0.15) is 25.7 Å². The van der Waals surface area contributed by atoms with E-state index in [2.05, 4.69) is 16.0 Å². The quantitative estimate of drug-likeness (QED) is 0.632. The molecule has 3 heterocycles. The Morgan fingerprint density at radius 2 is 1.68 bits per heavy atom. The van der Waals surface area contributed by atoms with Gasteiger partial charge in [0, 0.05) is 35.8 Å². The van der Waals surface area contributed by atoms with Crippen LogP contribution < -0.4 is 4.90 Å². The lowest BCUT2D eigenvalue weighted by molar-refractivity contribution is 0.628. The lowest BCUT2D eigenvalue weighted by Gasteiger charge is -2.21. The predicted octanol–water partition coefficient (Wildman–Crippen LogP) is 5.39. The number of rotatable bonds is 3. The van der Waals surface area contributed by atoms with Gasteiger partial charge in [-0.2, -0.15) is 0 Å². The maximum Gasteiger partial charge on any atom is 0.129 e. The van der Waals surface area contributed by atoms with Crippen LogP contribution >= 0.6 is 11.3 Å². The Balaban J connectivity index is 1.60. The Morgan fingerprint density at radius 3 is 2.44 bits per heavy atom. The molecule has 3 nitrogen and oxygen atoms in total. The molecule has 1 aliphatic heterocycles. The van der Waals surface area contributed by atoms with E-state index in [1.807, 2.05) is 17.6 Å². The smallest absolute Gasteiger partial charge is 0.129 e. The van der Waals surface area contributed by atoms with E-state index in [-0.39, 0.29) is 5.82 Å². The lowest BCUT2D eigenvalue weighted by atomic mass is 10.2. The molecule has 0 radical (unpaired) electrons. The highest BCUT2D eigenvalue weighted by molar-refractivity contribution is 7.13. The Kier molecular flexibility index (Phi) is 4.74. The number of pyridine rings is 1. The molecule has 0 unspecified atom stereocenters. The van der Waals surface area contributed by atoms with E-state index in [0.29, 0.717) is 0 Å². The number of hydrogen-bond donors (Lipinski definition) is 0. The van der Waals surface area contributed by atoms with Gasteiger partial charge in [-0.1, -0.05) is 12.8 Å². The average Bonchev–Trinajstić information content (AvgIpc) is 2.98. The molecule has 128 valence electrons. The zero-order valence-electron chi connectivity index (χ0n) is 14.0. The van der Waals surface area contributed by atoms with Gasteiger partial charge in [-0.3, -0.25) is 0 Å². The first kappa shape index (κ1) is 16.2. The van der Waals surface area contributed by atoms with Crippen LogP contribution in [0.25, 0.3) is 21.8 Å². The second kappa shape index (κ2) is 7.31. The highest BCUT2D eigenvalue weighted by Gasteiger charge is 2.13. The zero-order chi connectivity index (χ0) is 17.1. The Hall–Kier alpha value is -2.27. The van der Waals surface area contributed by atoms with Crippen molar-refractivity contribution in [3.05, 3.63) is 53.8 Å². The number of thiazole rings is 1. The molecule has 25 heavy (non-hydrogen) atoms. The molecule has 0 bridgehead atoms. The molecule has 2 aromatic heterocycles. The Labute approximate surface area is 151 Å². The van der Waals surface area contributed by atoms with Crippen LogP contribution in [0.5, 0.6) is 0 Å². The Bertz CT molecular complexity index is 836. The molecule has 0 saturated carbocycles. The summed E-state index contributed by atoms with van der Waals surface area (Å²) in [6, 6.07) is 10.6. The minimum absolute atomic E-state index is 0.226. The minimum Gasteiger partial charge on any atom is -0.357 e. The Morgan fingerprint density at radius 1 is 0.920 bits per heavy atom. The van der Waals surface area contributed by atoms with Gasteiger partial charge in [0.15, 0.2) is 0 Å². The molecule has 5 heteroatoms. The SMILES string of the molecule is Fc1ccc(-c2csc(-c3ccnc(N4CCCCCC4)c3)n2)cc1. The largest absolute Gasteiger partial charge is 0.357 e. The second-order valence-corrected chi connectivity index (χ2v) is 7.21. The van der Waals surface area contributed by atoms with Crippen LogP contribution in [-0.2, 0) is 0 Å². The van der Waals surface area contributed by atoms with Crippen LogP contribution in [-0.4, -0.2) is 23.1 Å². The number of benzene rings is 1. The van der Waals surface area contributed by atoms with Gasteiger partial charge in [0.1, 0.15) is 16.6 Å². The van der Waals surface area contributed by atoms with Crippen LogP contribution in [0.2, 0.25) is 0 Å². The zero-order valence-corrected chi connectivity index (χ0v) is 14.8. The highest BCUT2D eigenvalue weighted by atomic mass is 32.1. The molecular weight excluding hydrogens is 333 g/mol. The fourth-order valence-corrected chi connectivity index (χ4v) is 4.01. The van der Waals surface area contributed by atoms with Crippen molar-refractivity contribution in [3.63, 3.8) is 0 Å². The van der Waals surface area contributed by atoms with Crippen molar-refractivity contribution in [2.45, 2.75) is 25.7 Å². The monoisotopic (exact) mass is 353 g/mol. The van der Waals surface area contributed by atoms with Crippen LogP contribution in [0.3, 0.4) is 0 Å². The molecule has 0 spiro atoms. The van der Waals surface area contributed by atoms with Crippen LogP contribution in [0.4, 0.5) is 10.2 Å². The average molecular weight is 353 g/mol. The maximum atomic E-state index is 13.1. The van der Waals surface area contributed by atoms with Gasteiger partial charge in [-0.15, -0.1) is 11.3 Å². The van der Waals surface area contributed by atoms with E-state index >= 15 is 0 Å². The van der Waals surface area contributed by atoms with Gasteiger partial charge < -0.3 is 4.90 Å². The summed E-state index contributed by atoms with van der Waals surface area (Å²) in [7, 11) is 0. The van der Waals surface area contributed by atoms with E-state index in [4.69, 9.17) is 4.98 Å². The summed E-state index contributed by atoms with van der Waals surface area (Å²) in [4.78, 5) is 11.7. The lowest BCUT2D eigenvalue weighted by Crippen LogP contribution is -2.24. The summed E-state index contributed by atoms with van der Waals surface area (Å²) < 4.78 is 13.1. The van der Waals surface area contributed by atoms with Gasteiger partial charge in [0.2, 0.25) is 0 Å². The maximum absolute atomic E-state index is 13.1. The third kappa shape index (κ3) is 3.71. The van der Waals surface area contributed by atoms with Gasteiger partial charge >= 0.3 is 0 Å². The first-order chi connectivity index (χ1) is 12.3. The van der Waals surface area contributed by atoms with Crippen molar-refractivity contribution >= 4 is 17.2 Å². The third-order valence-corrected chi connectivity index (χ3v) is 5.46. The molecule has 0 atom stereocenters. The van der Waals surface area contributed by atoms with Gasteiger partial charge in [-0.25, -0.2) is 14.4 Å². The molecule has 1 aromatic carbocycles. The molecule has 0 amide bonds. The summed E-state index contributed by atoms with van der Waals surface area (Å²) in [5, 5.41) is 2.99. The molecule has 0 aliphatic carbocycles. The molecule has 1 fully saturated rings. The minimum atomic E-state index is -0.226. The summed E-state index contributed by atoms with van der Waals surface area (Å²) in [6.45, 7) is 2.16. The van der Waals surface area contributed by atoms with E-state index < -0.39 is 0 Å². The molecule has 0 N–H and O–H groups in total. The standard InChI is InChI=1S/C20H20FN3S/c21-17-7-5-15(6-8-17)18-14-25-20(23-18)16-9-10-22-19(13-16)24-11-3-1-2-4-12-24/h5-10,13-14H,1-4,11-12H2.